The standard InChI is InChI=1S/C20H12ClN3O4/c21-14-6-4-12(5-7-14)20-23-16-9-8-15(10-18(16)28-20)22-11-13-2-1-3-17(19(13)25)24(26)27/h1-11,25H/p-1. The van der Waals surface area contributed by atoms with Crippen LogP contribution in [0, 0.1) is 10.1 Å². The van der Waals surface area contributed by atoms with E-state index in [0.717, 1.165) is 5.56 Å². The molecule has 0 bridgehead atoms. The van der Waals surface area contributed by atoms with Crippen LogP contribution in [0.25, 0.3) is 22.6 Å². The van der Waals surface area contributed by atoms with Crippen LogP contribution >= 0.6 is 11.6 Å². The number of hydrogen-bond donors (Lipinski definition) is 0. The zero-order valence-corrected chi connectivity index (χ0v) is 15.0. The third kappa shape index (κ3) is 3.43. The van der Waals surface area contributed by atoms with Gasteiger partial charge < -0.3 is 9.52 Å². The van der Waals surface area contributed by atoms with E-state index in [0.29, 0.717) is 27.7 Å². The molecular weight excluding hydrogens is 382 g/mol. The number of benzene rings is 3. The van der Waals surface area contributed by atoms with E-state index >= 15 is 0 Å². The zero-order valence-electron chi connectivity index (χ0n) is 14.2. The van der Waals surface area contributed by atoms with Crippen molar-refractivity contribution >= 4 is 40.3 Å². The highest BCUT2D eigenvalue weighted by Gasteiger charge is 2.10. The molecule has 0 amide bonds. The number of nitrogens with zero attached hydrogens (tertiary/aromatic N) is 3. The van der Waals surface area contributed by atoms with Gasteiger partial charge in [-0.2, -0.15) is 0 Å². The summed E-state index contributed by atoms with van der Waals surface area (Å²) in [7, 11) is 0. The van der Waals surface area contributed by atoms with Crippen LogP contribution in [0.5, 0.6) is 5.75 Å². The van der Waals surface area contributed by atoms with Gasteiger partial charge in [0, 0.05) is 28.9 Å². The van der Waals surface area contributed by atoms with Gasteiger partial charge in [-0.15, -0.1) is 0 Å². The molecule has 4 aromatic rings. The summed E-state index contributed by atoms with van der Waals surface area (Å²) in [5.74, 6) is -0.227. The molecule has 4 rings (SSSR count). The number of hydrogen-bond acceptors (Lipinski definition) is 6. The molecule has 0 unspecified atom stereocenters. The van der Waals surface area contributed by atoms with Crippen molar-refractivity contribution in [3.8, 4) is 17.2 Å². The maximum absolute atomic E-state index is 12.1. The Bertz CT molecular complexity index is 1220. The van der Waals surface area contributed by atoms with Crippen molar-refractivity contribution in [1.29, 1.82) is 0 Å². The number of oxazole rings is 1. The number of fused-ring (bicyclic) bond motifs is 1. The van der Waals surface area contributed by atoms with Gasteiger partial charge >= 0.3 is 0 Å². The van der Waals surface area contributed by atoms with Gasteiger partial charge in [-0.3, -0.25) is 15.1 Å². The summed E-state index contributed by atoms with van der Waals surface area (Å²) in [5.41, 5.74) is 2.15. The van der Waals surface area contributed by atoms with Crippen LogP contribution in [0.1, 0.15) is 5.56 Å². The van der Waals surface area contributed by atoms with E-state index in [9.17, 15) is 15.2 Å². The smallest absolute Gasteiger partial charge is 0.262 e. The minimum Gasteiger partial charge on any atom is -0.867 e. The molecule has 0 spiro atoms. The molecule has 28 heavy (non-hydrogen) atoms. The summed E-state index contributed by atoms with van der Waals surface area (Å²) in [6.07, 6.45) is 1.30. The van der Waals surface area contributed by atoms with Crippen molar-refractivity contribution < 1.29 is 14.4 Å². The zero-order chi connectivity index (χ0) is 19.7. The van der Waals surface area contributed by atoms with Crippen LogP contribution in [-0.4, -0.2) is 16.1 Å². The Morgan fingerprint density at radius 3 is 2.64 bits per heavy atom. The third-order valence-corrected chi connectivity index (χ3v) is 4.29. The lowest BCUT2D eigenvalue weighted by Crippen LogP contribution is -2.01. The fraction of sp³-hybridized carbons (Fsp3) is 0. The predicted octanol–water partition coefficient (Wildman–Crippen LogP) is 4.88. The highest BCUT2D eigenvalue weighted by molar-refractivity contribution is 6.30. The van der Waals surface area contributed by atoms with E-state index in [2.05, 4.69) is 9.98 Å². The average molecular weight is 393 g/mol. The molecule has 1 heterocycles. The lowest BCUT2D eigenvalue weighted by Gasteiger charge is -2.09. The van der Waals surface area contributed by atoms with Gasteiger partial charge in [0.25, 0.3) is 5.69 Å². The molecule has 0 fully saturated rings. The van der Waals surface area contributed by atoms with Crippen LogP contribution in [-0.2, 0) is 0 Å². The normalized spacial score (nSPS) is 11.3. The Kier molecular flexibility index (Phi) is 4.50. The first-order valence-corrected chi connectivity index (χ1v) is 8.54. The van der Waals surface area contributed by atoms with Crippen molar-refractivity contribution in [3.05, 3.63) is 81.4 Å². The minimum absolute atomic E-state index is 0.133. The van der Waals surface area contributed by atoms with Gasteiger partial charge in [0.2, 0.25) is 5.89 Å². The SMILES string of the molecule is O=[N+]([O-])c1cccc(C=Nc2ccc3nc(-c4ccc(Cl)cc4)oc3c2)c1[O-]. The monoisotopic (exact) mass is 392 g/mol. The summed E-state index contributed by atoms with van der Waals surface area (Å²) in [5, 5.41) is 23.5. The van der Waals surface area contributed by atoms with E-state index in [1.54, 1.807) is 30.3 Å². The fourth-order valence-electron chi connectivity index (χ4n) is 2.64. The molecular formula is C20H11ClN3O4-. The molecule has 0 radical (unpaired) electrons. The molecule has 0 atom stereocenters. The molecule has 138 valence electrons. The first-order valence-electron chi connectivity index (χ1n) is 8.16. The number of rotatable bonds is 4. The van der Waals surface area contributed by atoms with Gasteiger partial charge in [0.15, 0.2) is 5.58 Å². The Labute approximate surface area is 163 Å². The van der Waals surface area contributed by atoms with Crippen LogP contribution in [0.15, 0.2) is 70.1 Å². The van der Waals surface area contributed by atoms with Crippen LogP contribution < -0.4 is 5.11 Å². The first kappa shape index (κ1) is 17.7. The maximum atomic E-state index is 12.1. The van der Waals surface area contributed by atoms with Crippen molar-refractivity contribution in [2.24, 2.45) is 4.99 Å². The molecule has 0 N–H and O–H groups in total. The van der Waals surface area contributed by atoms with Crippen molar-refractivity contribution in [2.45, 2.75) is 0 Å². The highest BCUT2D eigenvalue weighted by Crippen LogP contribution is 2.29. The van der Waals surface area contributed by atoms with E-state index < -0.39 is 16.4 Å². The van der Waals surface area contributed by atoms with E-state index in [1.165, 1.54) is 24.4 Å². The van der Waals surface area contributed by atoms with Crippen LogP contribution in [0.2, 0.25) is 5.02 Å². The van der Waals surface area contributed by atoms with Gasteiger partial charge in [-0.1, -0.05) is 23.7 Å². The van der Waals surface area contributed by atoms with Crippen LogP contribution in [0.3, 0.4) is 0 Å². The van der Waals surface area contributed by atoms with Crippen molar-refractivity contribution in [3.63, 3.8) is 0 Å². The van der Waals surface area contributed by atoms with Crippen LogP contribution in [0.4, 0.5) is 11.4 Å². The third-order valence-electron chi connectivity index (χ3n) is 4.04. The van der Waals surface area contributed by atoms with Gasteiger partial charge in [-0.25, -0.2) is 4.98 Å². The number of nitro groups is 1. The largest absolute Gasteiger partial charge is 0.867 e. The summed E-state index contributed by atoms with van der Waals surface area (Å²) in [6, 6.07) is 16.4. The fourth-order valence-corrected chi connectivity index (χ4v) is 2.77. The van der Waals surface area contributed by atoms with Gasteiger partial charge in [0.1, 0.15) is 5.52 Å². The Balaban J connectivity index is 1.65. The molecule has 7 nitrogen and oxygen atoms in total. The molecule has 3 aromatic carbocycles. The van der Waals surface area contributed by atoms with Crippen molar-refractivity contribution in [1.82, 2.24) is 4.98 Å². The average Bonchev–Trinajstić information content (AvgIpc) is 3.11. The Morgan fingerprint density at radius 2 is 1.89 bits per heavy atom. The second kappa shape index (κ2) is 7.13. The molecule has 0 aliphatic carbocycles. The van der Waals surface area contributed by atoms with Crippen molar-refractivity contribution in [2.75, 3.05) is 0 Å². The lowest BCUT2D eigenvalue weighted by molar-refractivity contribution is -0.398. The molecule has 0 saturated heterocycles. The number of halogens is 1. The number of aliphatic imine (C=N–C) groups is 1. The summed E-state index contributed by atoms with van der Waals surface area (Å²) < 4.78 is 5.78. The Hall–Kier alpha value is -3.71. The van der Waals surface area contributed by atoms with Gasteiger partial charge in [-0.05, 0) is 47.7 Å². The molecule has 8 heteroatoms. The predicted molar refractivity (Wildman–Crippen MR) is 104 cm³/mol. The first-order chi connectivity index (χ1) is 13.5. The van der Waals surface area contributed by atoms with E-state index in [-0.39, 0.29) is 5.56 Å². The Morgan fingerprint density at radius 1 is 1.11 bits per heavy atom. The molecule has 0 aliphatic rings. The number of nitro benzene ring substituents is 1. The quantitative estimate of drug-likeness (QED) is 0.279. The summed E-state index contributed by atoms with van der Waals surface area (Å²) in [6.45, 7) is 0. The number of aromatic nitrogens is 1. The second-order valence-electron chi connectivity index (χ2n) is 5.89. The minimum atomic E-state index is -0.710. The molecule has 1 aromatic heterocycles. The highest BCUT2D eigenvalue weighted by atomic mass is 35.5. The lowest BCUT2D eigenvalue weighted by atomic mass is 10.2. The summed E-state index contributed by atoms with van der Waals surface area (Å²) >= 11 is 5.90. The maximum Gasteiger partial charge on any atom is 0.262 e. The second-order valence-corrected chi connectivity index (χ2v) is 6.33. The molecule has 0 saturated carbocycles. The van der Waals surface area contributed by atoms with Gasteiger partial charge in [0.05, 0.1) is 10.6 Å². The summed E-state index contributed by atoms with van der Waals surface area (Å²) in [4.78, 5) is 18.8. The van der Waals surface area contributed by atoms with E-state index in [1.807, 2.05) is 12.1 Å². The topological polar surface area (TPSA) is 105 Å². The van der Waals surface area contributed by atoms with E-state index in [4.69, 9.17) is 16.0 Å². The number of para-hydroxylation sites is 1. The molecule has 0 aliphatic heterocycles.